The predicted octanol–water partition coefficient (Wildman–Crippen LogP) is 1.46. The second-order valence-electron chi connectivity index (χ2n) is 5.14. The van der Waals surface area contributed by atoms with Crippen LogP contribution in [-0.4, -0.2) is 36.1 Å². The summed E-state index contributed by atoms with van der Waals surface area (Å²) in [5.41, 5.74) is 1.18. The molecule has 0 aromatic carbocycles. The smallest absolute Gasteiger partial charge is 0.328 e. The van der Waals surface area contributed by atoms with Gasteiger partial charge in [0.15, 0.2) is 0 Å². The van der Waals surface area contributed by atoms with Crippen molar-refractivity contribution >= 4 is 5.97 Å². The molecule has 1 heterocycles. The number of carbonyl (C=O) groups is 1. The molecule has 1 aliphatic heterocycles. The first-order valence-electron chi connectivity index (χ1n) is 5.63. The maximum atomic E-state index is 10.8. The van der Waals surface area contributed by atoms with Gasteiger partial charge in [-0.2, -0.15) is 0 Å². The maximum Gasteiger partial charge on any atom is 0.328 e. The predicted molar refractivity (Wildman–Crippen MR) is 58.5 cm³/mol. The standard InChI is InChI=1S/C12H19NO2/c1-7-8(2)11-6-13(3)5-10(7)9(11)4-12(14)15/h4,7-8,10-11H,5-6H2,1-3H3,(H,14,15)/t7-,8?,10?,11?/m1/s1. The Balaban J connectivity index is 2.32. The summed E-state index contributed by atoms with van der Waals surface area (Å²) in [6.45, 7) is 6.54. The summed E-state index contributed by atoms with van der Waals surface area (Å²) in [6, 6.07) is 0. The number of aliphatic carboxylic acids is 1. The van der Waals surface area contributed by atoms with E-state index in [0.717, 1.165) is 13.1 Å². The van der Waals surface area contributed by atoms with Gasteiger partial charge in [-0.1, -0.05) is 19.4 Å². The van der Waals surface area contributed by atoms with Gasteiger partial charge in [0.2, 0.25) is 0 Å². The molecule has 0 amide bonds. The Kier molecular flexibility index (Phi) is 2.59. The van der Waals surface area contributed by atoms with Crippen molar-refractivity contribution in [3.8, 4) is 0 Å². The number of likely N-dealkylation sites (tertiary alicyclic amines) is 1. The molecular weight excluding hydrogens is 190 g/mol. The van der Waals surface area contributed by atoms with Crippen LogP contribution < -0.4 is 0 Å². The second kappa shape index (κ2) is 3.63. The first-order chi connectivity index (χ1) is 7.00. The fourth-order valence-corrected chi connectivity index (χ4v) is 3.26. The van der Waals surface area contributed by atoms with E-state index in [-0.39, 0.29) is 0 Å². The fourth-order valence-electron chi connectivity index (χ4n) is 3.26. The number of piperidine rings is 1. The number of fused-ring (bicyclic) bond motifs is 2. The molecule has 0 aromatic heterocycles. The fraction of sp³-hybridized carbons (Fsp3) is 0.750. The maximum absolute atomic E-state index is 10.8. The molecule has 2 aliphatic rings. The first-order valence-corrected chi connectivity index (χ1v) is 5.63. The van der Waals surface area contributed by atoms with Crippen LogP contribution in [0.5, 0.6) is 0 Å². The lowest BCUT2D eigenvalue weighted by Crippen LogP contribution is -2.36. The number of carboxylic acid groups (broad SMARTS) is 1. The lowest BCUT2D eigenvalue weighted by Gasteiger charge is -2.31. The third kappa shape index (κ3) is 1.69. The summed E-state index contributed by atoms with van der Waals surface area (Å²) in [4.78, 5) is 13.1. The van der Waals surface area contributed by atoms with Gasteiger partial charge in [-0.25, -0.2) is 4.79 Å². The average Bonchev–Trinajstić information content (AvgIpc) is 2.31. The van der Waals surface area contributed by atoms with Gasteiger partial charge in [-0.15, -0.1) is 0 Å². The van der Waals surface area contributed by atoms with Crippen LogP contribution in [0.3, 0.4) is 0 Å². The minimum absolute atomic E-state index is 0.458. The van der Waals surface area contributed by atoms with Crippen LogP contribution in [0.25, 0.3) is 0 Å². The Hall–Kier alpha value is -0.830. The number of hydrogen-bond donors (Lipinski definition) is 1. The van der Waals surface area contributed by atoms with Crippen LogP contribution in [-0.2, 0) is 4.79 Å². The Bertz CT molecular complexity index is 291. The summed E-state index contributed by atoms with van der Waals surface area (Å²) in [5.74, 6) is 1.36. The van der Waals surface area contributed by atoms with Gasteiger partial charge in [0.1, 0.15) is 0 Å². The zero-order valence-electron chi connectivity index (χ0n) is 9.60. The molecule has 3 unspecified atom stereocenters. The zero-order valence-corrected chi connectivity index (χ0v) is 9.60. The van der Waals surface area contributed by atoms with E-state index < -0.39 is 5.97 Å². The lowest BCUT2D eigenvalue weighted by atomic mass is 9.89. The first kappa shape index (κ1) is 10.7. The molecule has 84 valence electrons. The highest BCUT2D eigenvalue weighted by Crippen LogP contribution is 2.48. The van der Waals surface area contributed by atoms with Gasteiger partial charge in [-0.3, -0.25) is 0 Å². The molecule has 1 aliphatic carbocycles. The van der Waals surface area contributed by atoms with Crippen molar-refractivity contribution in [1.82, 2.24) is 4.90 Å². The lowest BCUT2D eigenvalue weighted by molar-refractivity contribution is -0.131. The van der Waals surface area contributed by atoms with Crippen molar-refractivity contribution in [2.45, 2.75) is 13.8 Å². The van der Waals surface area contributed by atoms with Gasteiger partial charge in [-0.05, 0) is 30.7 Å². The molecule has 15 heavy (non-hydrogen) atoms. The minimum Gasteiger partial charge on any atom is -0.478 e. The average molecular weight is 209 g/mol. The third-order valence-electron chi connectivity index (χ3n) is 4.26. The summed E-state index contributed by atoms with van der Waals surface area (Å²) in [7, 11) is 2.13. The molecule has 0 aromatic rings. The van der Waals surface area contributed by atoms with Gasteiger partial charge in [0, 0.05) is 19.2 Å². The van der Waals surface area contributed by atoms with Gasteiger partial charge >= 0.3 is 5.97 Å². The largest absolute Gasteiger partial charge is 0.478 e. The molecule has 2 rings (SSSR count). The Morgan fingerprint density at radius 1 is 1.33 bits per heavy atom. The number of rotatable bonds is 1. The van der Waals surface area contributed by atoms with E-state index in [9.17, 15) is 4.79 Å². The van der Waals surface area contributed by atoms with Crippen LogP contribution in [0.1, 0.15) is 13.8 Å². The van der Waals surface area contributed by atoms with Crippen molar-refractivity contribution in [1.29, 1.82) is 0 Å². The van der Waals surface area contributed by atoms with E-state index >= 15 is 0 Å². The molecule has 2 bridgehead atoms. The van der Waals surface area contributed by atoms with Crippen molar-refractivity contribution < 1.29 is 9.90 Å². The van der Waals surface area contributed by atoms with Crippen molar-refractivity contribution in [3.05, 3.63) is 11.6 Å². The SMILES string of the molecule is CC1C2CN(C)CC(C2=CC(=O)O)[C@@H]1C. The quantitative estimate of drug-likeness (QED) is 0.665. The van der Waals surface area contributed by atoms with Crippen molar-refractivity contribution in [3.63, 3.8) is 0 Å². The summed E-state index contributed by atoms with van der Waals surface area (Å²) >= 11 is 0. The number of carboxylic acids is 1. The second-order valence-corrected chi connectivity index (χ2v) is 5.14. The molecule has 1 saturated carbocycles. The van der Waals surface area contributed by atoms with Crippen molar-refractivity contribution in [2.75, 3.05) is 20.1 Å². The zero-order chi connectivity index (χ0) is 11.2. The molecule has 4 atom stereocenters. The Morgan fingerprint density at radius 2 is 1.80 bits per heavy atom. The van der Waals surface area contributed by atoms with E-state index in [1.807, 2.05) is 0 Å². The van der Waals surface area contributed by atoms with Gasteiger partial charge in [0.25, 0.3) is 0 Å². The normalized spacial score (nSPS) is 43.5. The number of hydrogen-bond acceptors (Lipinski definition) is 2. The van der Waals surface area contributed by atoms with Crippen LogP contribution >= 0.6 is 0 Å². The minimum atomic E-state index is -0.786. The molecule has 0 radical (unpaired) electrons. The van der Waals surface area contributed by atoms with E-state index in [2.05, 4.69) is 25.8 Å². The van der Waals surface area contributed by atoms with E-state index in [1.165, 1.54) is 11.6 Å². The third-order valence-corrected chi connectivity index (χ3v) is 4.26. The van der Waals surface area contributed by atoms with E-state index in [4.69, 9.17) is 5.11 Å². The molecular formula is C12H19NO2. The summed E-state index contributed by atoms with van der Waals surface area (Å²) < 4.78 is 0. The van der Waals surface area contributed by atoms with Gasteiger partial charge in [0.05, 0.1) is 0 Å². The van der Waals surface area contributed by atoms with Crippen LogP contribution in [0, 0.1) is 23.7 Å². The topological polar surface area (TPSA) is 40.5 Å². The summed E-state index contributed by atoms with van der Waals surface area (Å²) in [5, 5.41) is 8.88. The Morgan fingerprint density at radius 3 is 2.20 bits per heavy atom. The molecule has 2 fully saturated rings. The van der Waals surface area contributed by atoms with Crippen LogP contribution in [0.4, 0.5) is 0 Å². The van der Waals surface area contributed by atoms with Crippen molar-refractivity contribution in [2.24, 2.45) is 23.7 Å². The van der Waals surface area contributed by atoms with E-state index in [1.54, 1.807) is 0 Å². The van der Waals surface area contributed by atoms with Gasteiger partial charge < -0.3 is 10.0 Å². The molecule has 0 spiro atoms. The van der Waals surface area contributed by atoms with E-state index in [0.29, 0.717) is 23.7 Å². The molecule has 1 N–H and O–H groups in total. The molecule has 1 saturated heterocycles. The summed E-state index contributed by atoms with van der Waals surface area (Å²) in [6.07, 6.45) is 1.46. The number of nitrogens with zero attached hydrogens (tertiary/aromatic N) is 1. The van der Waals surface area contributed by atoms with Crippen LogP contribution in [0.15, 0.2) is 11.6 Å². The molecule has 3 nitrogen and oxygen atoms in total. The highest BCUT2D eigenvalue weighted by atomic mass is 16.4. The highest BCUT2D eigenvalue weighted by Gasteiger charge is 2.46. The molecule has 3 heteroatoms. The highest BCUT2D eigenvalue weighted by molar-refractivity contribution is 5.81. The van der Waals surface area contributed by atoms with Crippen LogP contribution in [0.2, 0.25) is 0 Å². The monoisotopic (exact) mass is 209 g/mol. The Labute approximate surface area is 90.8 Å².